The van der Waals surface area contributed by atoms with Crippen molar-refractivity contribution < 1.29 is 14.5 Å². The molecule has 1 atom stereocenters. The zero-order valence-corrected chi connectivity index (χ0v) is 15.1. The summed E-state index contributed by atoms with van der Waals surface area (Å²) >= 11 is 0. The molecule has 3 rings (SSSR count). The number of carbonyl (C=O) groups is 2. The Morgan fingerprint density at radius 3 is 2.36 bits per heavy atom. The van der Waals surface area contributed by atoms with Gasteiger partial charge in [-0.15, -0.1) is 0 Å². The number of nitrogens with zero attached hydrogens (tertiary/aromatic N) is 1. The molecular formula is C20H30N3O2+. The fourth-order valence-electron chi connectivity index (χ4n) is 3.88. The maximum absolute atomic E-state index is 13.0. The highest BCUT2D eigenvalue weighted by Crippen LogP contribution is 2.35. The summed E-state index contributed by atoms with van der Waals surface area (Å²) in [6, 6.07) is 10.5. The van der Waals surface area contributed by atoms with Gasteiger partial charge in [-0.25, -0.2) is 0 Å². The second-order valence-electron chi connectivity index (χ2n) is 7.69. The van der Waals surface area contributed by atoms with Crippen molar-refractivity contribution in [3.05, 3.63) is 35.9 Å². The minimum absolute atomic E-state index is 0.00957. The van der Waals surface area contributed by atoms with Gasteiger partial charge in [0.05, 0.1) is 13.1 Å². The van der Waals surface area contributed by atoms with Crippen LogP contribution in [0.4, 0.5) is 0 Å². The van der Waals surface area contributed by atoms with E-state index in [1.807, 2.05) is 18.2 Å². The van der Waals surface area contributed by atoms with Gasteiger partial charge in [-0.3, -0.25) is 9.59 Å². The normalized spacial score (nSPS) is 24.5. The first-order valence-corrected chi connectivity index (χ1v) is 9.51. The summed E-state index contributed by atoms with van der Waals surface area (Å²) in [6.07, 6.45) is 4.07. The van der Waals surface area contributed by atoms with E-state index in [9.17, 15) is 9.59 Å². The fraction of sp³-hybridized carbons (Fsp3) is 0.600. The maximum Gasteiger partial charge on any atom is 0.278 e. The van der Waals surface area contributed by atoms with Crippen molar-refractivity contribution >= 4 is 11.8 Å². The molecule has 2 fully saturated rings. The van der Waals surface area contributed by atoms with Crippen molar-refractivity contribution in [1.29, 1.82) is 0 Å². The summed E-state index contributed by atoms with van der Waals surface area (Å²) in [5.41, 5.74) is 6.59. The number of hydrogen-bond donors (Lipinski definition) is 2. The first kappa shape index (κ1) is 17.9. The van der Waals surface area contributed by atoms with Crippen molar-refractivity contribution in [2.45, 2.75) is 45.2 Å². The molecule has 5 heteroatoms. The van der Waals surface area contributed by atoms with E-state index in [1.54, 1.807) is 0 Å². The second kappa shape index (κ2) is 8.00. The summed E-state index contributed by atoms with van der Waals surface area (Å²) in [7, 11) is 0. The minimum Gasteiger partial charge on any atom is -0.369 e. The molecule has 0 radical (unpaired) electrons. The number of rotatable bonds is 7. The van der Waals surface area contributed by atoms with Crippen LogP contribution in [-0.4, -0.2) is 42.4 Å². The summed E-state index contributed by atoms with van der Waals surface area (Å²) in [6.45, 7) is 5.11. The van der Waals surface area contributed by atoms with Crippen LogP contribution in [0.5, 0.6) is 0 Å². The molecule has 0 unspecified atom stereocenters. The van der Waals surface area contributed by atoms with Crippen LogP contribution in [-0.2, 0) is 16.1 Å². The van der Waals surface area contributed by atoms with Gasteiger partial charge in [-0.1, -0.05) is 30.3 Å². The molecule has 1 saturated heterocycles. The van der Waals surface area contributed by atoms with Crippen LogP contribution >= 0.6 is 0 Å². The second-order valence-corrected chi connectivity index (χ2v) is 7.69. The molecule has 5 nitrogen and oxygen atoms in total. The Kier molecular flexibility index (Phi) is 5.74. The van der Waals surface area contributed by atoms with Crippen LogP contribution in [0, 0.1) is 11.8 Å². The van der Waals surface area contributed by atoms with Crippen LogP contribution < -0.4 is 10.6 Å². The predicted octanol–water partition coefficient (Wildman–Crippen LogP) is 0.594. The Bertz CT molecular complexity index is 592. The van der Waals surface area contributed by atoms with Crippen LogP contribution in [0.1, 0.15) is 38.2 Å². The molecule has 2 aliphatic rings. The zero-order chi connectivity index (χ0) is 17.8. The van der Waals surface area contributed by atoms with Crippen LogP contribution in [0.15, 0.2) is 30.3 Å². The molecular weight excluding hydrogens is 314 g/mol. The lowest BCUT2D eigenvalue weighted by Gasteiger charge is -2.33. The summed E-state index contributed by atoms with van der Waals surface area (Å²) in [5.74, 6) is 0.683. The number of benzene rings is 1. The number of primary amides is 1. The Labute approximate surface area is 150 Å². The van der Waals surface area contributed by atoms with Gasteiger partial charge in [0.2, 0.25) is 5.91 Å². The number of likely N-dealkylation sites (tertiary alicyclic amines) is 1. The number of piperidine rings is 1. The third-order valence-corrected chi connectivity index (χ3v) is 5.81. The largest absolute Gasteiger partial charge is 0.369 e. The zero-order valence-electron chi connectivity index (χ0n) is 15.1. The van der Waals surface area contributed by atoms with Crippen molar-refractivity contribution in [3.8, 4) is 0 Å². The highest BCUT2D eigenvalue weighted by molar-refractivity contribution is 5.78. The molecule has 1 heterocycles. The van der Waals surface area contributed by atoms with Gasteiger partial charge in [0, 0.05) is 31.3 Å². The van der Waals surface area contributed by atoms with Gasteiger partial charge in [-0.2, -0.15) is 0 Å². The summed E-state index contributed by atoms with van der Waals surface area (Å²) < 4.78 is 0. The van der Waals surface area contributed by atoms with E-state index in [1.165, 1.54) is 23.3 Å². The van der Waals surface area contributed by atoms with Gasteiger partial charge in [0.1, 0.15) is 0 Å². The Morgan fingerprint density at radius 2 is 1.80 bits per heavy atom. The van der Waals surface area contributed by atoms with Crippen molar-refractivity contribution in [3.63, 3.8) is 0 Å². The molecule has 1 saturated carbocycles. The van der Waals surface area contributed by atoms with Crippen molar-refractivity contribution in [2.75, 3.05) is 19.6 Å². The average molecular weight is 344 g/mol. The molecule has 2 amide bonds. The highest BCUT2D eigenvalue weighted by atomic mass is 16.2. The van der Waals surface area contributed by atoms with Crippen molar-refractivity contribution in [2.24, 2.45) is 17.6 Å². The van der Waals surface area contributed by atoms with Crippen molar-refractivity contribution in [1.82, 2.24) is 4.90 Å². The van der Waals surface area contributed by atoms with Crippen LogP contribution in [0.25, 0.3) is 0 Å². The molecule has 1 aliphatic heterocycles. The fourth-order valence-corrected chi connectivity index (χ4v) is 3.88. The topological polar surface area (TPSA) is 67.8 Å². The average Bonchev–Trinajstić information content (AvgIpc) is 3.45. The van der Waals surface area contributed by atoms with Gasteiger partial charge >= 0.3 is 0 Å². The lowest BCUT2D eigenvalue weighted by Crippen LogP contribution is -3.14. The monoisotopic (exact) mass is 344 g/mol. The molecule has 0 spiro atoms. The Morgan fingerprint density at radius 1 is 1.16 bits per heavy atom. The highest BCUT2D eigenvalue weighted by Gasteiger charge is 2.36. The lowest BCUT2D eigenvalue weighted by molar-refractivity contribution is -0.898. The van der Waals surface area contributed by atoms with Gasteiger partial charge in [0.25, 0.3) is 5.91 Å². The molecule has 1 aromatic rings. The third-order valence-electron chi connectivity index (χ3n) is 5.81. The standard InChI is InChI=1S/C20H29N3O2/c1-15(17-7-8-17)23(13-16-5-3-2-4-6-16)19(24)14-22-11-9-18(10-12-22)20(21)25/h2-6,15,17-18H,7-14H2,1H3,(H2,21,25)/p+1/t15-/m1/s1. The Balaban J connectivity index is 1.60. The third kappa shape index (κ3) is 4.82. The molecule has 25 heavy (non-hydrogen) atoms. The molecule has 1 aromatic carbocycles. The number of nitrogens with one attached hydrogen (secondary N) is 1. The number of quaternary nitrogens is 1. The maximum atomic E-state index is 13.0. The van der Waals surface area contributed by atoms with E-state index in [0.717, 1.165) is 25.9 Å². The number of carbonyl (C=O) groups excluding carboxylic acids is 2. The minimum atomic E-state index is -0.196. The van der Waals surface area contributed by atoms with E-state index in [4.69, 9.17) is 5.73 Å². The molecule has 136 valence electrons. The molecule has 3 N–H and O–H groups in total. The smallest absolute Gasteiger partial charge is 0.278 e. The molecule has 0 bridgehead atoms. The SMILES string of the molecule is C[C@H](C1CC1)N(Cc1ccccc1)C(=O)C[NH+]1CCC(C(N)=O)CC1. The van der Waals surface area contributed by atoms with E-state index in [-0.39, 0.29) is 17.7 Å². The Hall–Kier alpha value is -1.88. The van der Waals surface area contributed by atoms with Gasteiger partial charge in [0.15, 0.2) is 6.54 Å². The van der Waals surface area contributed by atoms with E-state index < -0.39 is 0 Å². The van der Waals surface area contributed by atoms with Crippen LogP contribution in [0.3, 0.4) is 0 Å². The predicted molar refractivity (Wildman–Crippen MR) is 96.7 cm³/mol. The quantitative estimate of drug-likeness (QED) is 0.760. The summed E-state index contributed by atoms with van der Waals surface area (Å²) in [4.78, 5) is 27.7. The van der Waals surface area contributed by atoms with Gasteiger partial charge in [-0.05, 0) is 31.2 Å². The molecule has 0 aromatic heterocycles. The number of amides is 2. The van der Waals surface area contributed by atoms with Gasteiger partial charge < -0.3 is 15.5 Å². The first-order chi connectivity index (χ1) is 12.0. The molecule has 1 aliphatic carbocycles. The number of nitrogens with two attached hydrogens (primary N) is 1. The summed E-state index contributed by atoms with van der Waals surface area (Å²) in [5, 5.41) is 0. The number of hydrogen-bond acceptors (Lipinski definition) is 2. The van der Waals surface area contributed by atoms with Crippen LogP contribution in [0.2, 0.25) is 0 Å². The van der Waals surface area contributed by atoms with E-state index in [2.05, 4.69) is 24.0 Å². The van der Waals surface area contributed by atoms with E-state index >= 15 is 0 Å². The first-order valence-electron chi connectivity index (χ1n) is 9.51. The van der Waals surface area contributed by atoms with E-state index in [0.29, 0.717) is 25.0 Å². The lowest BCUT2D eigenvalue weighted by atomic mass is 9.96.